The van der Waals surface area contributed by atoms with E-state index in [0.717, 1.165) is 29.8 Å². The summed E-state index contributed by atoms with van der Waals surface area (Å²) in [4.78, 5) is 4.39. The zero-order valence-electron chi connectivity index (χ0n) is 10.4. The first-order valence-corrected chi connectivity index (χ1v) is 7.14. The Hall–Kier alpha value is -1.04. The first-order chi connectivity index (χ1) is 8.83. The number of likely N-dealkylation sites (N-methyl/N-ethyl adjacent to an activating group) is 1. The minimum Gasteiger partial charge on any atom is -0.431 e. The molecule has 1 aromatic carbocycles. The number of hydrogen-bond acceptors (Lipinski definition) is 5. The summed E-state index contributed by atoms with van der Waals surface area (Å²) in [5, 5.41) is 13.1. The van der Waals surface area contributed by atoms with Gasteiger partial charge in [0.2, 0.25) is 0 Å². The van der Waals surface area contributed by atoms with Crippen molar-refractivity contribution < 1.29 is 9.52 Å². The van der Waals surface area contributed by atoms with Crippen LogP contribution in [0, 0.1) is 0 Å². The number of thioether (sulfide) groups is 1. The van der Waals surface area contributed by atoms with Crippen LogP contribution in [0.3, 0.4) is 0 Å². The van der Waals surface area contributed by atoms with Gasteiger partial charge < -0.3 is 14.8 Å². The van der Waals surface area contributed by atoms with Crippen molar-refractivity contribution in [2.75, 3.05) is 18.9 Å². The van der Waals surface area contributed by atoms with Gasteiger partial charge in [-0.25, -0.2) is 4.98 Å². The van der Waals surface area contributed by atoms with Crippen LogP contribution in [0.25, 0.3) is 11.1 Å². The number of rotatable bonds is 7. The molecule has 0 fully saturated rings. The SMILES string of the molecule is CCNC(CO)CCSc1nc2ccccc2o1. The zero-order valence-corrected chi connectivity index (χ0v) is 11.2. The van der Waals surface area contributed by atoms with Gasteiger partial charge >= 0.3 is 0 Å². The molecule has 0 spiro atoms. The van der Waals surface area contributed by atoms with Crippen molar-refractivity contribution in [3.8, 4) is 0 Å². The number of aliphatic hydroxyl groups excluding tert-OH is 1. The predicted molar refractivity (Wildman–Crippen MR) is 73.9 cm³/mol. The highest BCUT2D eigenvalue weighted by Crippen LogP contribution is 2.23. The van der Waals surface area contributed by atoms with Crippen LogP contribution in [0.4, 0.5) is 0 Å². The average molecular weight is 266 g/mol. The molecule has 98 valence electrons. The molecular weight excluding hydrogens is 248 g/mol. The highest BCUT2D eigenvalue weighted by Gasteiger charge is 2.08. The maximum atomic E-state index is 9.16. The largest absolute Gasteiger partial charge is 0.431 e. The lowest BCUT2D eigenvalue weighted by Crippen LogP contribution is -2.32. The van der Waals surface area contributed by atoms with Crippen LogP contribution >= 0.6 is 11.8 Å². The van der Waals surface area contributed by atoms with Crippen molar-refractivity contribution in [3.05, 3.63) is 24.3 Å². The van der Waals surface area contributed by atoms with Crippen LogP contribution in [0.1, 0.15) is 13.3 Å². The second-order valence-electron chi connectivity index (χ2n) is 4.02. The van der Waals surface area contributed by atoms with E-state index in [2.05, 4.69) is 10.3 Å². The fraction of sp³-hybridized carbons (Fsp3) is 0.462. The lowest BCUT2D eigenvalue weighted by atomic mass is 10.2. The van der Waals surface area contributed by atoms with E-state index in [4.69, 9.17) is 9.52 Å². The number of oxazole rings is 1. The maximum Gasteiger partial charge on any atom is 0.256 e. The van der Waals surface area contributed by atoms with Crippen molar-refractivity contribution in [1.29, 1.82) is 0 Å². The molecule has 1 heterocycles. The van der Waals surface area contributed by atoms with Gasteiger partial charge in [0.15, 0.2) is 5.58 Å². The third kappa shape index (κ3) is 3.48. The van der Waals surface area contributed by atoms with Gasteiger partial charge in [0.1, 0.15) is 5.52 Å². The lowest BCUT2D eigenvalue weighted by molar-refractivity contribution is 0.241. The highest BCUT2D eigenvalue weighted by molar-refractivity contribution is 7.99. The number of fused-ring (bicyclic) bond motifs is 1. The fourth-order valence-corrected chi connectivity index (χ4v) is 2.64. The summed E-state index contributed by atoms with van der Waals surface area (Å²) in [5.74, 6) is 0.880. The quantitative estimate of drug-likeness (QED) is 0.753. The van der Waals surface area contributed by atoms with Gasteiger partial charge in [-0.2, -0.15) is 0 Å². The van der Waals surface area contributed by atoms with Crippen LogP contribution in [-0.4, -0.2) is 35.0 Å². The second kappa shape index (κ2) is 6.78. The molecule has 0 saturated carbocycles. The normalized spacial score (nSPS) is 13.0. The average Bonchev–Trinajstić information content (AvgIpc) is 2.80. The van der Waals surface area contributed by atoms with Gasteiger partial charge in [0.05, 0.1) is 6.61 Å². The molecule has 2 rings (SSSR count). The van der Waals surface area contributed by atoms with E-state index in [1.165, 1.54) is 0 Å². The van der Waals surface area contributed by atoms with Gasteiger partial charge in [0.25, 0.3) is 5.22 Å². The van der Waals surface area contributed by atoms with Gasteiger partial charge in [-0.05, 0) is 25.1 Å². The number of aromatic nitrogens is 1. The van der Waals surface area contributed by atoms with Crippen LogP contribution in [0.5, 0.6) is 0 Å². The Bertz CT molecular complexity index is 454. The number of hydrogen-bond donors (Lipinski definition) is 2. The third-order valence-corrected chi connectivity index (χ3v) is 3.54. The fourth-order valence-electron chi connectivity index (χ4n) is 1.75. The van der Waals surface area contributed by atoms with Crippen molar-refractivity contribution in [3.63, 3.8) is 0 Å². The number of aliphatic hydroxyl groups is 1. The summed E-state index contributed by atoms with van der Waals surface area (Å²) in [6, 6.07) is 7.91. The van der Waals surface area contributed by atoms with Crippen LogP contribution in [0.2, 0.25) is 0 Å². The monoisotopic (exact) mass is 266 g/mol. The van der Waals surface area contributed by atoms with Crippen LogP contribution in [0.15, 0.2) is 33.9 Å². The summed E-state index contributed by atoms with van der Waals surface area (Å²) in [6.45, 7) is 3.08. The molecule has 0 aliphatic rings. The highest BCUT2D eigenvalue weighted by atomic mass is 32.2. The van der Waals surface area contributed by atoms with Gasteiger partial charge in [-0.3, -0.25) is 0 Å². The molecule has 0 saturated heterocycles. The van der Waals surface area contributed by atoms with E-state index in [1.807, 2.05) is 31.2 Å². The molecule has 0 bridgehead atoms. The minimum absolute atomic E-state index is 0.159. The van der Waals surface area contributed by atoms with E-state index >= 15 is 0 Å². The molecule has 2 N–H and O–H groups in total. The maximum absolute atomic E-state index is 9.16. The van der Waals surface area contributed by atoms with E-state index in [-0.39, 0.29) is 12.6 Å². The topological polar surface area (TPSA) is 58.3 Å². The van der Waals surface area contributed by atoms with Crippen molar-refractivity contribution in [2.45, 2.75) is 24.6 Å². The molecule has 0 aliphatic carbocycles. The van der Waals surface area contributed by atoms with Gasteiger partial charge in [0, 0.05) is 11.8 Å². The molecule has 1 unspecified atom stereocenters. The van der Waals surface area contributed by atoms with E-state index in [1.54, 1.807) is 11.8 Å². The van der Waals surface area contributed by atoms with Crippen LogP contribution in [-0.2, 0) is 0 Å². The molecule has 0 radical (unpaired) electrons. The number of nitrogens with zero attached hydrogens (tertiary/aromatic N) is 1. The van der Waals surface area contributed by atoms with Crippen molar-refractivity contribution in [1.82, 2.24) is 10.3 Å². The molecule has 18 heavy (non-hydrogen) atoms. The molecule has 1 aromatic heterocycles. The van der Waals surface area contributed by atoms with E-state index in [9.17, 15) is 0 Å². The Morgan fingerprint density at radius 1 is 1.44 bits per heavy atom. The Labute approximate surface area is 111 Å². The predicted octanol–water partition coefficient (Wildman–Crippen LogP) is 2.28. The molecule has 0 aliphatic heterocycles. The lowest BCUT2D eigenvalue weighted by Gasteiger charge is -2.13. The Balaban J connectivity index is 1.86. The molecular formula is C13H18N2O2S. The number of para-hydroxylation sites is 2. The van der Waals surface area contributed by atoms with E-state index in [0.29, 0.717) is 5.22 Å². The van der Waals surface area contributed by atoms with E-state index < -0.39 is 0 Å². The Morgan fingerprint density at radius 3 is 3.00 bits per heavy atom. The molecule has 0 amide bonds. The Kier molecular flexibility index (Phi) is 5.04. The summed E-state index contributed by atoms with van der Waals surface area (Å²) in [6.07, 6.45) is 0.897. The smallest absolute Gasteiger partial charge is 0.256 e. The summed E-state index contributed by atoms with van der Waals surface area (Å²) in [7, 11) is 0. The standard InChI is InChI=1S/C13H18N2O2S/c1-2-14-10(9-16)7-8-18-13-15-11-5-3-4-6-12(11)17-13/h3-6,10,14,16H,2,7-9H2,1H3. The van der Waals surface area contributed by atoms with Crippen molar-refractivity contribution in [2.24, 2.45) is 0 Å². The number of benzene rings is 1. The first-order valence-electron chi connectivity index (χ1n) is 6.16. The summed E-state index contributed by atoms with van der Waals surface area (Å²) < 4.78 is 5.61. The Morgan fingerprint density at radius 2 is 2.28 bits per heavy atom. The van der Waals surface area contributed by atoms with Gasteiger partial charge in [-0.1, -0.05) is 30.8 Å². The zero-order chi connectivity index (χ0) is 12.8. The second-order valence-corrected chi connectivity index (χ2v) is 5.07. The van der Waals surface area contributed by atoms with Gasteiger partial charge in [-0.15, -0.1) is 0 Å². The molecule has 1 atom stereocenters. The van der Waals surface area contributed by atoms with Crippen molar-refractivity contribution >= 4 is 22.9 Å². The summed E-state index contributed by atoms with van der Waals surface area (Å²) >= 11 is 1.59. The summed E-state index contributed by atoms with van der Waals surface area (Å²) in [5.41, 5.74) is 1.72. The molecule has 4 nitrogen and oxygen atoms in total. The molecule has 5 heteroatoms. The molecule has 2 aromatic rings. The third-order valence-electron chi connectivity index (χ3n) is 2.68. The first kappa shape index (κ1) is 13.4. The van der Waals surface area contributed by atoms with Crippen LogP contribution < -0.4 is 5.32 Å². The minimum atomic E-state index is 0.159. The number of nitrogens with one attached hydrogen (secondary N) is 1.